The molecule has 0 aliphatic rings. The Hall–Kier alpha value is -2.97. The van der Waals surface area contributed by atoms with Crippen molar-refractivity contribution < 1.29 is 14.3 Å². The van der Waals surface area contributed by atoms with Gasteiger partial charge in [-0.25, -0.2) is 4.98 Å². The lowest BCUT2D eigenvalue weighted by atomic mass is 10.2. The zero-order chi connectivity index (χ0) is 18.5. The van der Waals surface area contributed by atoms with Crippen LogP contribution in [0.1, 0.15) is 17.4 Å². The van der Waals surface area contributed by atoms with E-state index in [-0.39, 0.29) is 11.6 Å². The number of anilines is 2. The van der Waals surface area contributed by atoms with Gasteiger partial charge >= 0.3 is 0 Å². The third-order valence-electron chi connectivity index (χ3n) is 3.07. The lowest BCUT2D eigenvalue weighted by molar-refractivity contribution is -0.114. The Morgan fingerprint density at radius 3 is 2.81 bits per heavy atom. The molecule has 1 aromatic carbocycles. The van der Waals surface area contributed by atoms with E-state index >= 15 is 0 Å². The molecule has 0 radical (unpaired) electrons. The zero-order valence-electron chi connectivity index (χ0n) is 13.5. The number of hydrogen-bond acceptors (Lipinski definition) is 6. The van der Waals surface area contributed by atoms with Crippen LogP contribution in [0.25, 0.3) is 0 Å². The molecular formula is C17H13ClN4O3S. The number of carbonyl (C=O) groups excluding carboxylic acids is 2. The van der Waals surface area contributed by atoms with Crippen molar-refractivity contribution >= 4 is 45.6 Å². The van der Waals surface area contributed by atoms with E-state index in [1.165, 1.54) is 6.92 Å². The monoisotopic (exact) mass is 388 g/mol. The van der Waals surface area contributed by atoms with E-state index in [1.54, 1.807) is 48.1 Å². The number of amides is 2. The molecule has 0 atom stereocenters. The fraction of sp³-hybridized carbons (Fsp3) is 0.0588. The molecule has 0 bridgehead atoms. The van der Waals surface area contributed by atoms with Crippen LogP contribution in [0.15, 0.2) is 48.1 Å². The molecule has 0 saturated carbocycles. The van der Waals surface area contributed by atoms with E-state index < -0.39 is 5.91 Å². The standard InChI is InChI=1S/C17H13ClN4O3S/c1-10(23)20-17-22-14(9-26-17)16(24)21-13-7-11(18)4-5-15(13)25-12-3-2-6-19-8-12/h2-9H,1H3,(H,21,24)(H,20,22,23). The minimum atomic E-state index is -0.448. The highest BCUT2D eigenvalue weighted by atomic mass is 35.5. The summed E-state index contributed by atoms with van der Waals surface area (Å²) in [6.45, 7) is 1.37. The number of ether oxygens (including phenoxy) is 1. The molecule has 9 heteroatoms. The van der Waals surface area contributed by atoms with Crippen molar-refractivity contribution in [3.05, 3.63) is 58.8 Å². The maximum Gasteiger partial charge on any atom is 0.275 e. The number of aromatic nitrogens is 2. The Labute approximate surface area is 158 Å². The summed E-state index contributed by atoms with van der Waals surface area (Å²) < 4.78 is 5.75. The summed E-state index contributed by atoms with van der Waals surface area (Å²) >= 11 is 7.19. The third kappa shape index (κ3) is 4.56. The Morgan fingerprint density at radius 2 is 2.08 bits per heavy atom. The van der Waals surface area contributed by atoms with Gasteiger partial charge in [0.1, 0.15) is 11.4 Å². The van der Waals surface area contributed by atoms with E-state index in [0.29, 0.717) is 27.3 Å². The maximum absolute atomic E-state index is 12.4. The smallest absolute Gasteiger partial charge is 0.275 e. The molecule has 0 aliphatic heterocycles. The quantitative estimate of drug-likeness (QED) is 0.683. The van der Waals surface area contributed by atoms with Gasteiger partial charge in [-0.15, -0.1) is 11.3 Å². The number of carbonyl (C=O) groups is 2. The molecule has 2 heterocycles. The number of pyridine rings is 1. The summed E-state index contributed by atoms with van der Waals surface area (Å²) in [5.74, 6) is 0.226. The molecule has 2 N–H and O–H groups in total. The molecule has 3 aromatic rings. The average molecular weight is 389 g/mol. The Balaban J connectivity index is 1.80. The van der Waals surface area contributed by atoms with Gasteiger partial charge in [0.2, 0.25) is 5.91 Å². The van der Waals surface area contributed by atoms with Crippen LogP contribution in [0.2, 0.25) is 5.02 Å². The minimum Gasteiger partial charge on any atom is -0.454 e. The van der Waals surface area contributed by atoms with Gasteiger partial charge in [0.15, 0.2) is 10.9 Å². The number of benzene rings is 1. The van der Waals surface area contributed by atoms with Crippen LogP contribution in [0.4, 0.5) is 10.8 Å². The second-order valence-corrected chi connectivity index (χ2v) is 6.40. The first-order valence-electron chi connectivity index (χ1n) is 7.43. The molecule has 7 nitrogen and oxygen atoms in total. The van der Waals surface area contributed by atoms with Crippen LogP contribution in [0.3, 0.4) is 0 Å². The van der Waals surface area contributed by atoms with Gasteiger partial charge in [0.05, 0.1) is 11.9 Å². The summed E-state index contributed by atoms with van der Waals surface area (Å²) in [5.41, 5.74) is 0.562. The van der Waals surface area contributed by atoms with E-state index in [4.69, 9.17) is 16.3 Å². The van der Waals surface area contributed by atoms with Crippen molar-refractivity contribution in [2.24, 2.45) is 0 Å². The Kier molecular flexibility index (Phi) is 5.45. The molecule has 2 aromatic heterocycles. The van der Waals surface area contributed by atoms with Crippen molar-refractivity contribution in [2.45, 2.75) is 6.92 Å². The second kappa shape index (κ2) is 7.94. The van der Waals surface area contributed by atoms with Gasteiger partial charge in [-0.1, -0.05) is 11.6 Å². The number of thiazole rings is 1. The number of nitrogens with zero attached hydrogens (tertiary/aromatic N) is 2. The number of nitrogens with one attached hydrogen (secondary N) is 2. The van der Waals surface area contributed by atoms with E-state index in [9.17, 15) is 9.59 Å². The molecule has 0 fully saturated rings. The van der Waals surface area contributed by atoms with Crippen molar-refractivity contribution in [1.82, 2.24) is 9.97 Å². The fourth-order valence-corrected chi connectivity index (χ4v) is 2.90. The van der Waals surface area contributed by atoms with E-state index in [1.807, 2.05) is 0 Å². The van der Waals surface area contributed by atoms with Gasteiger partial charge in [0, 0.05) is 23.5 Å². The van der Waals surface area contributed by atoms with Crippen LogP contribution in [0.5, 0.6) is 11.5 Å². The Bertz CT molecular complexity index is 946. The van der Waals surface area contributed by atoms with Crippen LogP contribution in [-0.4, -0.2) is 21.8 Å². The highest BCUT2D eigenvalue weighted by molar-refractivity contribution is 7.14. The zero-order valence-corrected chi connectivity index (χ0v) is 15.1. The summed E-state index contributed by atoms with van der Waals surface area (Å²) in [6.07, 6.45) is 3.19. The number of halogens is 1. The first-order chi connectivity index (χ1) is 12.5. The minimum absolute atomic E-state index is 0.172. The molecule has 2 amide bonds. The molecular weight excluding hydrogens is 376 g/mol. The molecule has 3 rings (SSSR count). The van der Waals surface area contributed by atoms with Crippen molar-refractivity contribution in [1.29, 1.82) is 0 Å². The summed E-state index contributed by atoms with van der Waals surface area (Å²) in [5, 5.41) is 7.59. The topological polar surface area (TPSA) is 93.2 Å². The molecule has 132 valence electrons. The molecule has 0 spiro atoms. The van der Waals surface area contributed by atoms with Gasteiger partial charge in [-0.05, 0) is 30.3 Å². The maximum atomic E-state index is 12.4. The van der Waals surface area contributed by atoms with E-state index in [2.05, 4.69) is 20.6 Å². The lowest BCUT2D eigenvalue weighted by Crippen LogP contribution is -2.13. The predicted molar refractivity (Wildman–Crippen MR) is 100 cm³/mol. The molecule has 0 saturated heterocycles. The van der Waals surface area contributed by atoms with E-state index in [0.717, 1.165) is 11.3 Å². The van der Waals surface area contributed by atoms with Gasteiger partial charge in [0.25, 0.3) is 5.91 Å². The highest BCUT2D eigenvalue weighted by Crippen LogP contribution is 2.32. The van der Waals surface area contributed by atoms with Gasteiger partial charge < -0.3 is 15.4 Å². The SMILES string of the molecule is CC(=O)Nc1nc(C(=O)Nc2cc(Cl)ccc2Oc2cccnc2)cs1. The summed E-state index contributed by atoms with van der Waals surface area (Å²) in [7, 11) is 0. The van der Waals surface area contributed by atoms with Crippen molar-refractivity contribution in [3.63, 3.8) is 0 Å². The number of hydrogen-bond donors (Lipinski definition) is 2. The highest BCUT2D eigenvalue weighted by Gasteiger charge is 2.15. The molecule has 0 aliphatic carbocycles. The Morgan fingerprint density at radius 1 is 1.23 bits per heavy atom. The van der Waals surface area contributed by atoms with Gasteiger partial charge in [-0.3, -0.25) is 14.6 Å². The van der Waals surface area contributed by atoms with Crippen LogP contribution < -0.4 is 15.4 Å². The molecule has 26 heavy (non-hydrogen) atoms. The molecule has 0 unspecified atom stereocenters. The van der Waals surface area contributed by atoms with Gasteiger partial charge in [-0.2, -0.15) is 0 Å². The normalized spacial score (nSPS) is 10.2. The summed E-state index contributed by atoms with van der Waals surface area (Å²) in [6, 6.07) is 8.36. The van der Waals surface area contributed by atoms with Crippen molar-refractivity contribution in [2.75, 3.05) is 10.6 Å². The van der Waals surface area contributed by atoms with Crippen LogP contribution in [0, 0.1) is 0 Å². The predicted octanol–water partition coefficient (Wildman–Crippen LogP) is 4.19. The van der Waals surface area contributed by atoms with Crippen molar-refractivity contribution in [3.8, 4) is 11.5 Å². The fourth-order valence-electron chi connectivity index (χ4n) is 2.00. The second-order valence-electron chi connectivity index (χ2n) is 5.10. The van der Waals surface area contributed by atoms with Crippen LogP contribution >= 0.6 is 22.9 Å². The first-order valence-corrected chi connectivity index (χ1v) is 8.69. The first kappa shape index (κ1) is 17.8. The number of rotatable bonds is 5. The van der Waals surface area contributed by atoms with Crippen LogP contribution in [-0.2, 0) is 4.79 Å². The largest absolute Gasteiger partial charge is 0.454 e. The third-order valence-corrected chi connectivity index (χ3v) is 4.06. The summed E-state index contributed by atoms with van der Waals surface area (Å²) in [4.78, 5) is 31.6. The lowest BCUT2D eigenvalue weighted by Gasteiger charge is -2.12. The average Bonchev–Trinajstić information content (AvgIpc) is 3.06.